The Morgan fingerprint density at radius 2 is 1.92 bits per heavy atom. The van der Waals surface area contributed by atoms with Gasteiger partial charge < -0.3 is 13.8 Å². The number of pyridine rings is 1. The first-order chi connectivity index (χ1) is 12.5. The molecule has 7 heteroatoms. The fraction of sp³-hybridized carbons (Fsp3) is 0.158. The predicted molar refractivity (Wildman–Crippen MR) is 103 cm³/mol. The summed E-state index contributed by atoms with van der Waals surface area (Å²) in [5.41, 5.74) is 6.76. The van der Waals surface area contributed by atoms with E-state index in [2.05, 4.69) is 45.2 Å². The van der Waals surface area contributed by atoms with Crippen molar-refractivity contribution in [3.63, 3.8) is 0 Å². The van der Waals surface area contributed by atoms with Gasteiger partial charge in [0.2, 0.25) is 0 Å². The molecule has 0 saturated heterocycles. The van der Waals surface area contributed by atoms with Crippen molar-refractivity contribution in [3.8, 4) is 0 Å². The summed E-state index contributed by atoms with van der Waals surface area (Å²) in [6, 6.07) is 11.6. The van der Waals surface area contributed by atoms with Gasteiger partial charge in [0.25, 0.3) is 0 Å². The number of fused-ring (bicyclic) bond motifs is 3. The standard InChI is InChI=1S/C19H18N4O2S/c1-12-6-16-17(7-13(12)2)20-9-18-19(16)23(11-21-18)10-14-4-3-5-15(8-14)22-26(24)25/h3-9,11,22H,10H2,1-2H3,(H,24,25)/p-1. The minimum Gasteiger partial charge on any atom is -0.755 e. The topological polar surface area (TPSA) is 82.9 Å². The second kappa shape index (κ2) is 6.51. The highest BCUT2D eigenvalue weighted by Gasteiger charge is 2.10. The second-order valence-electron chi connectivity index (χ2n) is 6.36. The minimum atomic E-state index is -2.34. The summed E-state index contributed by atoms with van der Waals surface area (Å²) in [7, 11) is 0. The number of nitrogens with zero attached hydrogens (tertiary/aromatic N) is 3. The van der Waals surface area contributed by atoms with E-state index in [1.54, 1.807) is 18.6 Å². The van der Waals surface area contributed by atoms with Crippen LogP contribution in [0.5, 0.6) is 0 Å². The molecule has 0 amide bonds. The van der Waals surface area contributed by atoms with Crippen LogP contribution < -0.4 is 4.72 Å². The SMILES string of the molecule is Cc1cc2ncc3ncn(Cc4cccc(NS(=O)[O-])c4)c3c2cc1C. The van der Waals surface area contributed by atoms with Gasteiger partial charge in [0, 0.05) is 28.9 Å². The van der Waals surface area contributed by atoms with Crippen LogP contribution in [0.25, 0.3) is 21.9 Å². The molecule has 0 spiro atoms. The molecule has 2 aromatic heterocycles. The molecule has 1 unspecified atom stereocenters. The molecule has 0 fully saturated rings. The molecule has 1 N–H and O–H groups in total. The molecule has 0 aliphatic rings. The molecule has 132 valence electrons. The first-order valence-corrected chi connectivity index (χ1v) is 9.24. The molecule has 4 aromatic rings. The maximum atomic E-state index is 10.8. The van der Waals surface area contributed by atoms with Gasteiger partial charge in [0.15, 0.2) is 0 Å². The van der Waals surface area contributed by atoms with Gasteiger partial charge in [-0.25, -0.2) is 4.98 Å². The Bertz CT molecular complexity index is 1150. The Balaban J connectivity index is 1.81. The number of aryl methyl sites for hydroxylation is 2. The van der Waals surface area contributed by atoms with Crippen molar-refractivity contribution in [2.45, 2.75) is 20.4 Å². The lowest BCUT2D eigenvalue weighted by molar-refractivity contribution is 0.542. The van der Waals surface area contributed by atoms with E-state index < -0.39 is 11.3 Å². The van der Waals surface area contributed by atoms with E-state index in [4.69, 9.17) is 0 Å². The Kier molecular flexibility index (Phi) is 4.18. The molecule has 1 atom stereocenters. The van der Waals surface area contributed by atoms with Crippen molar-refractivity contribution in [3.05, 3.63) is 65.6 Å². The molecule has 6 nitrogen and oxygen atoms in total. The Hall–Kier alpha value is -2.77. The minimum absolute atomic E-state index is 0.540. The van der Waals surface area contributed by atoms with Gasteiger partial charge in [0.1, 0.15) is 5.52 Å². The molecule has 0 aliphatic carbocycles. The van der Waals surface area contributed by atoms with E-state index in [1.165, 1.54) is 11.1 Å². The first kappa shape index (κ1) is 16.7. The molecule has 0 bridgehead atoms. The van der Waals surface area contributed by atoms with E-state index in [1.807, 2.05) is 18.2 Å². The van der Waals surface area contributed by atoms with Gasteiger partial charge >= 0.3 is 0 Å². The Morgan fingerprint density at radius 1 is 1.12 bits per heavy atom. The number of imidazole rings is 1. The summed E-state index contributed by atoms with van der Waals surface area (Å²) in [5.74, 6) is 0. The Labute approximate surface area is 153 Å². The predicted octanol–water partition coefficient (Wildman–Crippen LogP) is 3.46. The van der Waals surface area contributed by atoms with Crippen molar-refractivity contribution in [2.75, 3.05) is 4.72 Å². The highest BCUT2D eigenvalue weighted by Crippen LogP contribution is 2.26. The van der Waals surface area contributed by atoms with Crippen LogP contribution in [0.15, 0.2) is 48.9 Å². The van der Waals surface area contributed by atoms with Crippen molar-refractivity contribution in [2.24, 2.45) is 0 Å². The van der Waals surface area contributed by atoms with Crippen molar-refractivity contribution in [1.29, 1.82) is 0 Å². The van der Waals surface area contributed by atoms with Crippen molar-refractivity contribution < 1.29 is 8.76 Å². The third kappa shape index (κ3) is 3.07. The summed E-state index contributed by atoms with van der Waals surface area (Å²) in [6.07, 6.45) is 3.59. The maximum Gasteiger partial charge on any atom is 0.107 e. The number of benzene rings is 2. The maximum absolute atomic E-state index is 10.8. The molecule has 4 rings (SSSR count). The fourth-order valence-corrected chi connectivity index (χ4v) is 3.48. The zero-order valence-electron chi connectivity index (χ0n) is 14.4. The van der Waals surface area contributed by atoms with Gasteiger partial charge in [-0.3, -0.25) is 9.19 Å². The van der Waals surface area contributed by atoms with Crippen LogP contribution in [0.4, 0.5) is 5.69 Å². The van der Waals surface area contributed by atoms with E-state index >= 15 is 0 Å². The molecular formula is C19H17N4O2S-. The van der Waals surface area contributed by atoms with Crippen LogP contribution in [-0.4, -0.2) is 23.3 Å². The highest BCUT2D eigenvalue weighted by molar-refractivity contribution is 7.80. The summed E-state index contributed by atoms with van der Waals surface area (Å²) >= 11 is -2.34. The lowest BCUT2D eigenvalue weighted by atomic mass is 10.1. The number of nitrogens with one attached hydrogen (secondary N) is 1. The number of hydrogen-bond donors (Lipinski definition) is 1. The molecule has 2 heterocycles. The van der Waals surface area contributed by atoms with Gasteiger partial charge in [-0.2, -0.15) is 0 Å². The van der Waals surface area contributed by atoms with E-state index in [-0.39, 0.29) is 0 Å². The zero-order valence-corrected chi connectivity index (χ0v) is 15.2. The van der Waals surface area contributed by atoms with Gasteiger partial charge in [-0.1, -0.05) is 12.1 Å². The zero-order chi connectivity index (χ0) is 18.3. The third-order valence-corrected chi connectivity index (χ3v) is 4.94. The van der Waals surface area contributed by atoms with Crippen LogP contribution in [0.2, 0.25) is 0 Å². The molecule has 0 aliphatic heterocycles. The van der Waals surface area contributed by atoms with E-state index in [0.717, 1.165) is 27.5 Å². The lowest BCUT2D eigenvalue weighted by Gasteiger charge is -2.11. The first-order valence-electron chi connectivity index (χ1n) is 8.17. The third-order valence-electron chi connectivity index (χ3n) is 4.54. The number of anilines is 1. The van der Waals surface area contributed by atoms with Crippen molar-refractivity contribution in [1.82, 2.24) is 14.5 Å². The summed E-state index contributed by atoms with van der Waals surface area (Å²) < 4.78 is 26.1. The van der Waals surface area contributed by atoms with Crippen molar-refractivity contribution >= 4 is 38.9 Å². The van der Waals surface area contributed by atoms with E-state index in [9.17, 15) is 8.76 Å². The Morgan fingerprint density at radius 3 is 2.73 bits per heavy atom. The normalized spacial score (nSPS) is 12.6. The quantitative estimate of drug-likeness (QED) is 0.562. The van der Waals surface area contributed by atoms with Crippen LogP contribution in [0, 0.1) is 13.8 Å². The molecule has 26 heavy (non-hydrogen) atoms. The fourth-order valence-electron chi connectivity index (χ4n) is 3.16. The monoisotopic (exact) mass is 365 g/mol. The molecule has 2 aromatic carbocycles. The number of aromatic nitrogens is 3. The van der Waals surface area contributed by atoms with Crippen LogP contribution >= 0.6 is 0 Å². The van der Waals surface area contributed by atoms with Gasteiger partial charge in [0.05, 0.1) is 23.6 Å². The number of hydrogen-bond acceptors (Lipinski definition) is 4. The summed E-state index contributed by atoms with van der Waals surface area (Å²) in [5, 5.41) is 1.07. The smallest absolute Gasteiger partial charge is 0.107 e. The van der Waals surface area contributed by atoms with Crippen LogP contribution in [0.1, 0.15) is 16.7 Å². The average Bonchev–Trinajstić information content (AvgIpc) is 2.99. The molecule has 0 saturated carbocycles. The average molecular weight is 365 g/mol. The molecular weight excluding hydrogens is 348 g/mol. The summed E-state index contributed by atoms with van der Waals surface area (Å²) in [6.45, 7) is 4.76. The van der Waals surface area contributed by atoms with Gasteiger partial charge in [-0.15, -0.1) is 0 Å². The second-order valence-corrected chi connectivity index (χ2v) is 7.03. The van der Waals surface area contributed by atoms with Gasteiger partial charge in [-0.05, 0) is 54.8 Å². The number of rotatable bonds is 4. The van der Waals surface area contributed by atoms with Crippen LogP contribution in [-0.2, 0) is 17.8 Å². The highest BCUT2D eigenvalue weighted by atomic mass is 32.2. The van der Waals surface area contributed by atoms with Crippen LogP contribution in [0.3, 0.4) is 0 Å². The lowest BCUT2D eigenvalue weighted by Crippen LogP contribution is -2.04. The largest absolute Gasteiger partial charge is 0.755 e. The van der Waals surface area contributed by atoms with E-state index in [0.29, 0.717) is 12.2 Å². The summed E-state index contributed by atoms with van der Waals surface area (Å²) in [4.78, 5) is 9.00. The molecule has 0 radical (unpaired) electrons.